The lowest BCUT2D eigenvalue weighted by Crippen LogP contribution is -2.54. The number of nitrogens with two attached hydrogens (primary N) is 1. The van der Waals surface area contributed by atoms with E-state index in [0.717, 1.165) is 4.57 Å². The zero-order valence-corrected chi connectivity index (χ0v) is 14.9. The Hall–Kier alpha value is -1.00. The second kappa shape index (κ2) is 10.8. The third-order valence-electron chi connectivity index (χ3n) is 3.67. The highest BCUT2D eigenvalue weighted by molar-refractivity contribution is 5.85. The van der Waals surface area contributed by atoms with Gasteiger partial charge in [0.2, 0.25) is 5.91 Å². The lowest BCUT2D eigenvalue weighted by Gasteiger charge is -2.35. The van der Waals surface area contributed by atoms with E-state index >= 15 is 0 Å². The van der Waals surface area contributed by atoms with Gasteiger partial charge in [-0.15, -0.1) is 24.8 Å². The highest BCUT2D eigenvalue weighted by Gasteiger charge is 2.26. The smallest absolute Gasteiger partial charge is 0.319 e. The fourth-order valence-corrected chi connectivity index (χ4v) is 2.46. The van der Waals surface area contributed by atoms with Gasteiger partial charge in [-0.1, -0.05) is 0 Å². The third kappa shape index (κ3) is 5.82. The second-order valence-corrected chi connectivity index (χ2v) is 5.19. The molecule has 11 heteroatoms. The fourth-order valence-electron chi connectivity index (χ4n) is 2.46. The topological polar surface area (TPSA) is 76.6 Å². The number of aromatic nitrogens is 2. The molecular formula is C13H23Cl2F2N5O2. The van der Waals surface area contributed by atoms with Crippen molar-refractivity contribution in [3.05, 3.63) is 18.2 Å². The number of hydrogen-bond donors (Lipinski definition) is 1. The molecule has 0 aromatic carbocycles. The summed E-state index contributed by atoms with van der Waals surface area (Å²) in [6.45, 7) is 0.168. The van der Waals surface area contributed by atoms with Gasteiger partial charge in [-0.2, -0.15) is 8.78 Å². The predicted octanol–water partition coefficient (Wildman–Crippen LogP) is 0.740. The van der Waals surface area contributed by atoms with Gasteiger partial charge in [0.05, 0.1) is 13.2 Å². The summed E-state index contributed by atoms with van der Waals surface area (Å²) >= 11 is 0. The summed E-state index contributed by atoms with van der Waals surface area (Å²) in [5.74, 6) is 0.182. The Kier molecular flexibility index (Phi) is 10.3. The average molecular weight is 390 g/mol. The molecule has 2 rings (SSSR count). The summed E-state index contributed by atoms with van der Waals surface area (Å²) in [5, 5.41) is 0. The molecule has 2 N–H and O–H groups in total. The summed E-state index contributed by atoms with van der Waals surface area (Å²) in [4.78, 5) is 19.7. The molecule has 7 nitrogen and oxygen atoms in total. The molecule has 0 aliphatic carbocycles. The largest absolute Gasteiger partial charge is 0.383 e. The van der Waals surface area contributed by atoms with E-state index in [1.165, 1.54) is 19.5 Å². The van der Waals surface area contributed by atoms with E-state index in [1.54, 1.807) is 4.90 Å². The molecule has 1 aliphatic heterocycles. The molecular weight excluding hydrogens is 367 g/mol. The normalized spacial score (nSPS) is 16.5. The third-order valence-corrected chi connectivity index (χ3v) is 3.67. The first-order chi connectivity index (χ1) is 10.5. The van der Waals surface area contributed by atoms with E-state index in [-0.39, 0.29) is 37.3 Å². The van der Waals surface area contributed by atoms with Crippen LogP contribution >= 0.6 is 24.8 Å². The van der Waals surface area contributed by atoms with Crippen LogP contribution in [0.1, 0.15) is 12.4 Å². The van der Waals surface area contributed by atoms with Gasteiger partial charge in [-0.3, -0.25) is 14.3 Å². The molecule has 1 unspecified atom stereocenters. The first kappa shape index (κ1) is 23.0. The molecule has 1 atom stereocenters. The first-order valence-corrected chi connectivity index (χ1v) is 7.08. The number of amides is 1. The van der Waals surface area contributed by atoms with Crippen LogP contribution in [0.2, 0.25) is 0 Å². The molecule has 0 spiro atoms. The summed E-state index contributed by atoms with van der Waals surface area (Å²) in [6.07, 6.45) is 2.63. The summed E-state index contributed by atoms with van der Waals surface area (Å²) in [6, 6.07) is -0.658. The van der Waals surface area contributed by atoms with Crippen LogP contribution in [0.5, 0.6) is 0 Å². The molecule has 0 bridgehead atoms. The van der Waals surface area contributed by atoms with Crippen molar-refractivity contribution in [2.75, 3.05) is 39.9 Å². The van der Waals surface area contributed by atoms with Crippen LogP contribution in [0, 0.1) is 0 Å². The maximum Gasteiger partial charge on any atom is 0.319 e. The Morgan fingerprint density at radius 2 is 1.96 bits per heavy atom. The van der Waals surface area contributed by atoms with E-state index in [1.807, 2.05) is 4.90 Å². The minimum absolute atomic E-state index is 0. The number of piperazine rings is 1. The van der Waals surface area contributed by atoms with Gasteiger partial charge in [-0.05, 0) is 0 Å². The van der Waals surface area contributed by atoms with Gasteiger partial charge in [-0.25, -0.2) is 4.98 Å². The maximum atomic E-state index is 12.8. The number of rotatable bonds is 6. The van der Waals surface area contributed by atoms with Crippen molar-refractivity contribution < 1.29 is 18.3 Å². The summed E-state index contributed by atoms with van der Waals surface area (Å²) < 4.78 is 31.3. The van der Waals surface area contributed by atoms with E-state index < -0.39 is 12.6 Å². The van der Waals surface area contributed by atoms with Crippen LogP contribution in [0.3, 0.4) is 0 Å². The Labute approximate surface area is 151 Å². The Morgan fingerprint density at radius 3 is 2.50 bits per heavy atom. The minimum Gasteiger partial charge on any atom is -0.383 e. The zero-order chi connectivity index (χ0) is 16.1. The van der Waals surface area contributed by atoms with Crippen LogP contribution < -0.4 is 5.73 Å². The molecule has 1 aliphatic rings. The molecule has 2 heterocycles. The van der Waals surface area contributed by atoms with Gasteiger partial charge in [0.1, 0.15) is 11.9 Å². The Bertz CT molecular complexity index is 498. The van der Waals surface area contributed by atoms with Crippen molar-refractivity contribution in [1.29, 1.82) is 0 Å². The lowest BCUT2D eigenvalue weighted by molar-refractivity contribution is -0.135. The predicted molar refractivity (Wildman–Crippen MR) is 89.7 cm³/mol. The molecule has 0 radical (unpaired) electrons. The van der Waals surface area contributed by atoms with Crippen molar-refractivity contribution in [1.82, 2.24) is 19.4 Å². The number of carbonyl (C=O) groups is 1. The van der Waals surface area contributed by atoms with Crippen molar-refractivity contribution >= 4 is 30.7 Å². The lowest BCUT2D eigenvalue weighted by atomic mass is 10.2. The van der Waals surface area contributed by atoms with Crippen LogP contribution in [0.4, 0.5) is 8.78 Å². The van der Waals surface area contributed by atoms with Gasteiger partial charge in [0, 0.05) is 45.7 Å². The Morgan fingerprint density at radius 1 is 1.33 bits per heavy atom. The van der Waals surface area contributed by atoms with Crippen molar-refractivity contribution in [2.24, 2.45) is 5.73 Å². The quantitative estimate of drug-likeness (QED) is 0.776. The Balaban J connectivity index is 0.00000264. The highest BCUT2D eigenvalue weighted by atomic mass is 35.5. The number of carbonyl (C=O) groups excluding carboxylic acids is 1. The zero-order valence-electron chi connectivity index (χ0n) is 13.3. The number of imidazole rings is 1. The monoisotopic (exact) mass is 389 g/mol. The summed E-state index contributed by atoms with van der Waals surface area (Å²) in [5.41, 5.74) is 5.73. The van der Waals surface area contributed by atoms with E-state index in [9.17, 15) is 13.6 Å². The second-order valence-electron chi connectivity index (χ2n) is 5.19. The standard InChI is InChI=1S/C13H21F2N5O2.2ClH/c1-22-9-10(16)12(21)19-6-4-18(5-7-19)8-11-17-2-3-20(11)13(14)15;;/h2-3,10,13H,4-9,16H2,1H3;2*1H. The van der Waals surface area contributed by atoms with Crippen molar-refractivity contribution in [3.63, 3.8) is 0 Å². The first-order valence-electron chi connectivity index (χ1n) is 7.08. The molecule has 1 fully saturated rings. The van der Waals surface area contributed by atoms with Crippen LogP contribution in [0.15, 0.2) is 12.4 Å². The minimum atomic E-state index is -2.59. The average Bonchev–Trinajstić information content (AvgIpc) is 2.96. The van der Waals surface area contributed by atoms with Gasteiger partial charge in [0.25, 0.3) is 0 Å². The van der Waals surface area contributed by atoms with E-state index in [0.29, 0.717) is 38.5 Å². The van der Waals surface area contributed by atoms with E-state index in [2.05, 4.69) is 4.98 Å². The summed E-state index contributed by atoms with van der Waals surface area (Å²) in [7, 11) is 1.50. The van der Waals surface area contributed by atoms with Gasteiger partial charge >= 0.3 is 6.55 Å². The molecule has 24 heavy (non-hydrogen) atoms. The van der Waals surface area contributed by atoms with Gasteiger partial charge in [0.15, 0.2) is 0 Å². The van der Waals surface area contributed by atoms with Crippen LogP contribution in [0.25, 0.3) is 0 Å². The molecule has 1 aromatic heterocycles. The SMILES string of the molecule is COCC(N)C(=O)N1CCN(Cc2nccn2C(F)F)CC1.Cl.Cl. The molecule has 0 saturated carbocycles. The van der Waals surface area contributed by atoms with Crippen LogP contribution in [-0.4, -0.2) is 71.2 Å². The molecule has 1 aromatic rings. The molecule has 140 valence electrons. The maximum absolute atomic E-state index is 12.8. The number of halogens is 4. The number of methoxy groups -OCH3 is 1. The van der Waals surface area contributed by atoms with Crippen LogP contribution in [-0.2, 0) is 16.1 Å². The number of hydrogen-bond acceptors (Lipinski definition) is 5. The number of alkyl halides is 2. The number of ether oxygens (including phenoxy) is 1. The highest BCUT2D eigenvalue weighted by Crippen LogP contribution is 2.15. The molecule has 1 amide bonds. The van der Waals surface area contributed by atoms with Gasteiger partial charge < -0.3 is 15.4 Å². The number of nitrogens with zero attached hydrogens (tertiary/aromatic N) is 4. The fraction of sp³-hybridized carbons (Fsp3) is 0.692. The van der Waals surface area contributed by atoms with E-state index in [4.69, 9.17) is 10.5 Å². The van der Waals surface area contributed by atoms with Crippen molar-refractivity contribution in [2.45, 2.75) is 19.1 Å². The van der Waals surface area contributed by atoms with Crippen molar-refractivity contribution in [3.8, 4) is 0 Å². The molecule has 1 saturated heterocycles.